The van der Waals surface area contributed by atoms with E-state index >= 15 is 0 Å². The monoisotopic (exact) mass is 372 g/mol. The molecule has 2 atom stereocenters. The van der Waals surface area contributed by atoms with Gasteiger partial charge in [0.15, 0.2) is 0 Å². The smallest absolute Gasteiger partial charge is 0.0713 e. The minimum Gasteiger partial charge on any atom is -0.372 e. The van der Waals surface area contributed by atoms with Crippen molar-refractivity contribution in [2.45, 2.75) is 71.1 Å². The van der Waals surface area contributed by atoms with E-state index in [4.69, 9.17) is 4.99 Å². The summed E-state index contributed by atoms with van der Waals surface area (Å²) in [6.45, 7) is 16.2. The Morgan fingerprint density at radius 1 is 1.04 bits per heavy atom. The Hall–Kier alpha value is -2.09. The number of benzene rings is 2. The zero-order valence-corrected chi connectivity index (χ0v) is 17.8. The number of piperidine rings is 1. The predicted octanol–water partition coefficient (Wildman–Crippen LogP) is 5.29. The molecule has 0 radical (unpaired) electrons. The van der Waals surface area contributed by atoms with E-state index < -0.39 is 0 Å². The van der Waals surface area contributed by atoms with Crippen molar-refractivity contribution in [3.05, 3.63) is 56.6 Å². The Balaban J connectivity index is 1.68. The molecule has 28 heavy (non-hydrogen) atoms. The minimum absolute atomic E-state index is 0.483. The molecule has 3 aliphatic rings. The van der Waals surface area contributed by atoms with Crippen molar-refractivity contribution >= 4 is 18.0 Å². The highest BCUT2D eigenvalue weighted by Gasteiger charge is 2.36. The van der Waals surface area contributed by atoms with Gasteiger partial charge in [0.25, 0.3) is 0 Å². The fourth-order valence-corrected chi connectivity index (χ4v) is 5.78. The van der Waals surface area contributed by atoms with Crippen molar-refractivity contribution < 1.29 is 0 Å². The Kier molecular flexibility index (Phi) is 4.15. The second kappa shape index (κ2) is 6.47. The van der Waals surface area contributed by atoms with Crippen LogP contribution in [-0.4, -0.2) is 13.1 Å². The third-order valence-electron chi connectivity index (χ3n) is 7.43. The first-order chi connectivity index (χ1) is 13.5. The van der Waals surface area contributed by atoms with E-state index in [9.17, 15) is 0 Å². The number of hydrogen-bond acceptors (Lipinski definition) is 2. The van der Waals surface area contributed by atoms with Crippen molar-refractivity contribution in [1.29, 1.82) is 0 Å². The van der Waals surface area contributed by atoms with Gasteiger partial charge in [0.05, 0.1) is 11.0 Å². The Morgan fingerprint density at radius 3 is 2.46 bits per heavy atom. The van der Waals surface area contributed by atoms with Gasteiger partial charge in [-0.15, -0.1) is 0 Å². The zero-order valence-electron chi connectivity index (χ0n) is 17.8. The van der Waals surface area contributed by atoms with E-state index in [0.717, 1.165) is 6.42 Å². The Labute approximate surface area is 169 Å². The Morgan fingerprint density at radius 2 is 1.75 bits per heavy atom. The molecule has 1 saturated heterocycles. The molecule has 0 bridgehead atoms. The molecule has 5 rings (SSSR count). The molecule has 0 N–H and O–H groups in total. The third kappa shape index (κ3) is 2.50. The molecule has 1 aliphatic carbocycles. The van der Waals surface area contributed by atoms with Crippen molar-refractivity contribution in [3.63, 3.8) is 0 Å². The van der Waals surface area contributed by atoms with E-state index in [0.29, 0.717) is 17.8 Å². The maximum Gasteiger partial charge on any atom is 0.0713 e. The summed E-state index contributed by atoms with van der Waals surface area (Å²) in [5.74, 6) is 1.67. The van der Waals surface area contributed by atoms with E-state index in [1.165, 1.54) is 82.1 Å². The topological polar surface area (TPSA) is 15.6 Å². The fraction of sp³-hybridized carbons (Fsp3) is 0.500. The highest BCUT2D eigenvalue weighted by molar-refractivity contribution is 5.63. The van der Waals surface area contributed by atoms with Gasteiger partial charge in [-0.25, -0.2) is 4.99 Å². The van der Waals surface area contributed by atoms with Crippen LogP contribution in [0.3, 0.4) is 0 Å². The molecule has 2 aromatic carbocycles. The SMILES string of the molecule is C=c1c(C(C)C)c2c(c3c1C(C)C3C)=Nc1ccc(N3CCCCC3)cc1C2. The van der Waals surface area contributed by atoms with Crippen LogP contribution >= 0.6 is 0 Å². The van der Waals surface area contributed by atoms with Crippen LogP contribution in [0.5, 0.6) is 0 Å². The molecule has 0 amide bonds. The second-order valence-electron chi connectivity index (χ2n) is 9.43. The summed E-state index contributed by atoms with van der Waals surface area (Å²) in [6.07, 6.45) is 5.00. The standard InChI is InChI=1S/C26H32N2/c1-15(2)23-18(5)24-16(3)17(4)25(24)26-21(23)14-19-13-20(9-10-22(19)27-26)28-11-7-6-8-12-28/h9-10,13,15-17H,5-8,11-12,14H2,1-4H3. The average Bonchev–Trinajstić information content (AvgIpc) is 2.70. The van der Waals surface area contributed by atoms with Crippen LogP contribution in [0.15, 0.2) is 23.2 Å². The summed E-state index contributed by atoms with van der Waals surface area (Å²) in [4.78, 5) is 7.78. The summed E-state index contributed by atoms with van der Waals surface area (Å²) in [6, 6.07) is 6.95. The second-order valence-corrected chi connectivity index (χ2v) is 9.43. The van der Waals surface area contributed by atoms with Gasteiger partial charge in [-0.3, -0.25) is 0 Å². The number of rotatable bonds is 2. The summed E-state index contributed by atoms with van der Waals surface area (Å²) in [7, 11) is 0. The lowest BCUT2D eigenvalue weighted by Crippen LogP contribution is -2.41. The molecule has 2 nitrogen and oxygen atoms in total. The van der Waals surface area contributed by atoms with Crippen molar-refractivity contribution in [2.75, 3.05) is 18.0 Å². The van der Waals surface area contributed by atoms with Crippen LogP contribution in [0.1, 0.15) is 92.5 Å². The largest absolute Gasteiger partial charge is 0.372 e. The number of nitrogens with zero attached hydrogens (tertiary/aromatic N) is 2. The number of hydrogen-bond donors (Lipinski definition) is 0. The maximum atomic E-state index is 5.23. The molecule has 2 aromatic rings. The van der Waals surface area contributed by atoms with Gasteiger partial charge in [0.2, 0.25) is 0 Å². The summed E-state index contributed by atoms with van der Waals surface area (Å²) in [5.41, 5.74) is 9.79. The highest BCUT2D eigenvalue weighted by atomic mass is 15.1. The highest BCUT2D eigenvalue weighted by Crippen LogP contribution is 2.44. The molecule has 2 heteroatoms. The normalized spacial score (nSPS) is 22.8. The van der Waals surface area contributed by atoms with Crippen molar-refractivity contribution in [3.8, 4) is 0 Å². The third-order valence-corrected chi connectivity index (χ3v) is 7.43. The van der Waals surface area contributed by atoms with Gasteiger partial charge >= 0.3 is 0 Å². The molecule has 0 saturated carbocycles. The number of anilines is 1. The van der Waals surface area contributed by atoms with Gasteiger partial charge in [0.1, 0.15) is 0 Å². The molecule has 146 valence electrons. The molecule has 2 heterocycles. The van der Waals surface area contributed by atoms with Crippen molar-refractivity contribution in [1.82, 2.24) is 0 Å². The first-order valence-electron chi connectivity index (χ1n) is 11.1. The van der Waals surface area contributed by atoms with E-state index in [2.05, 4.69) is 57.4 Å². The molecular formula is C26H32N2. The predicted molar refractivity (Wildman–Crippen MR) is 119 cm³/mol. The lowest BCUT2D eigenvalue weighted by atomic mass is 9.66. The molecule has 0 aromatic heterocycles. The molecule has 2 unspecified atom stereocenters. The van der Waals surface area contributed by atoms with Crippen LogP contribution in [0.4, 0.5) is 11.4 Å². The zero-order chi connectivity index (χ0) is 19.6. The van der Waals surface area contributed by atoms with Crippen LogP contribution < -0.4 is 15.5 Å². The fourth-order valence-electron chi connectivity index (χ4n) is 5.78. The lowest BCUT2D eigenvalue weighted by molar-refractivity contribution is 0.526. The van der Waals surface area contributed by atoms with Crippen LogP contribution in [0, 0.1) is 0 Å². The van der Waals surface area contributed by atoms with Crippen molar-refractivity contribution in [2.24, 2.45) is 4.99 Å². The molecule has 0 spiro atoms. The van der Waals surface area contributed by atoms with Crippen LogP contribution in [0.25, 0.3) is 6.58 Å². The van der Waals surface area contributed by atoms with Crippen LogP contribution in [-0.2, 0) is 6.42 Å². The molecule has 1 fully saturated rings. The van der Waals surface area contributed by atoms with Gasteiger partial charge in [-0.05, 0) is 88.3 Å². The summed E-state index contributed by atoms with van der Waals surface area (Å²) >= 11 is 0. The molecule has 2 aliphatic heterocycles. The van der Waals surface area contributed by atoms with Gasteiger partial charge in [-0.1, -0.05) is 34.3 Å². The summed E-state index contributed by atoms with van der Waals surface area (Å²) in [5, 5.41) is 2.56. The van der Waals surface area contributed by atoms with E-state index in [1.807, 2.05) is 0 Å². The van der Waals surface area contributed by atoms with Gasteiger partial charge in [0, 0.05) is 25.2 Å². The average molecular weight is 373 g/mol. The minimum atomic E-state index is 0.483. The number of fused-ring (bicyclic) bond motifs is 4. The maximum absolute atomic E-state index is 5.23. The first kappa shape index (κ1) is 18.0. The quantitative estimate of drug-likeness (QED) is 0.597. The molecular weight excluding hydrogens is 340 g/mol. The van der Waals surface area contributed by atoms with Crippen LogP contribution in [0.2, 0.25) is 0 Å². The van der Waals surface area contributed by atoms with E-state index in [-0.39, 0.29) is 0 Å². The van der Waals surface area contributed by atoms with Gasteiger partial charge in [-0.2, -0.15) is 0 Å². The summed E-state index contributed by atoms with van der Waals surface area (Å²) < 4.78 is 0. The lowest BCUT2D eigenvalue weighted by Gasteiger charge is -2.39. The first-order valence-corrected chi connectivity index (χ1v) is 11.1. The van der Waals surface area contributed by atoms with Gasteiger partial charge < -0.3 is 4.90 Å². The Bertz CT molecular complexity index is 1060. The van der Waals surface area contributed by atoms with E-state index in [1.54, 1.807) is 0 Å².